The van der Waals surface area contributed by atoms with Gasteiger partial charge in [-0.1, -0.05) is 24.3 Å². The van der Waals surface area contributed by atoms with Gasteiger partial charge >= 0.3 is 0 Å². The molecule has 0 fully saturated rings. The summed E-state index contributed by atoms with van der Waals surface area (Å²) in [4.78, 5) is 0. The summed E-state index contributed by atoms with van der Waals surface area (Å²) in [6.07, 6.45) is 0. The van der Waals surface area contributed by atoms with Crippen molar-refractivity contribution in [2.75, 3.05) is 0 Å². The van der Waals surface area contributed by atoms with E-state index in [4.69, 9.17) is 0 Å². The summed E-state index contributed by atoms with van der Waals surface area (Å²) in [6.45, 7) is 0. The maximum atomic E-state index is 13.8. The first-order valence-corrected chi connectivity index (χ1v) is 5.90. The van der Waals surface area contributed by atoms with Crippen LogP contribution in [0.5, 0.6) is 0 Å². The van der Waals surface area contributed by atoms with Crippen LogP contribution in [-0.4, -0.2) is 0 Å². The van der Waals surface area contributed by atoms with Crippen molar-refractivity contribution in [1.29, 1.82) is 0 Å². The number of aryl methyl sites for hydroxylation is 1. The van der Waals surface area contributed by atoms with Gasteiger partial charge in [-0.3, -0.25) is 0 Å². The molecule has 0 radical (unpaired) electrons. The second-order valence-corrected chi connectivity index (χ2v) is 4.32. The average molecular weight is 238 g/mol. The van der Waals surface area contributed by atoms with Crippen LogP contribution in [0, 0.1) is 5.82 Å². The summed E-state index contributed by atoms with van der Waals surface area (Å²) in [5.74, 6) is -0.191. The summed E-state index contributed by atoms with van der Waals surface area (Å²) in [5.41, 5.74) is 2.61. The van der Waals surface area contributed by atoms with Crippen LogP contribution in [0.25, 0.3) is 22.2 Å². The third-order valence-corrected chi connectivity index (χ3v) is 3.23. The highest BCUT2D eigenvalue weighted by Gasteiger charge is 2.16. The van der Waals surface area contributed by atoms with E-state index in [0.717, 1.165) is 16.6 Å². The Balaban J connectivity index is 2.31. The fourth-order valence-electron chi connectivity index (χ4n) is 2.28. The lowest BCUT2D eigenvalue weighted by molar-refractivity contribution is -0.633. The van der Waals surface area contributed by atoms with Gasteiger partial charge in [0.25, 0.3) is 0 Å². The first kappa shape index (κ1) is 10.9. The van der Waals surface area contributed by atoms with Gasteiger partial charge in [0.2, 0.25) is 11.2 Å². The van der Waals surface area contributed by atoms with E-state index in [0.29, 0.717) is 5.56 Å². The quantitative estimate of drug-likeness (QED) is 0.571. The molecule has 0 bridgehead atoms. The standard InChI is InChI=1S/C16H13FN/c1-18-15-9-5-2-6-12(15)10-11-16(18)13-7-3-4-8-14(13)17/h2-11H,1H3/q+1. The molecule has 0 N–H and O–H groups in total. The lowest BCUT2D eigenvalue weighted by Gasteiger charge is -2.04. The summed E-state index contributed by atoms with van der Waals surface area (Å²) in [5, 5.41) is 1.15. The SMILES string of the molecule is C[n+]1c(-c2ccccc2F)ccc2ccccc21. The second kappa shape index (κ2) is 4.22. The molecule has 2 heteroatoms. The number of aromatic nitrogens is 1. The fourth-order valence-corrected chi connectivity index (χ4v) is 2.28. The Morgan fingerprint density at radius 1 is 0.833 bits per heavy atom. The van der Waals surface area contributed by atoms with Gasteiger partial charge in [-0.25, -0.2) is 4.39 Å². The zero-order chi connectivity index (χ0) is 12.5. The van der Waals surface area contributed by atoms with E-state index in [2.05, 4.69) is 6.07 Å². The van der Waals surface area contributed by atoms with E-state index >= 15 is 0 Å². The molecule has 2 aromatic carbocycles. The van der Waals surface area contributed by atoms with Crippen molar-refractivity contribution in [3.05, 3.63) is 66.5 Å². The van der Waals surface area contributed by atoms with Gasteiger partial charge in [0.15, 0.2) is 0 Å². The van der Waals surface area contributed by atoms with E-state index in [1.165, 1.54) is 6.07 Å². The van der Waals surface area contributed by atoms with E-state index in [9.17, 15) is 4.39 Å². The van der Waals surface area contributed by atoms with Gasteiger partial charge in [0.05, 0.1) is 5.56 Å². The number of hydrogen-bond acceptors (Lipinski definition) is 0. The Labute approximate surface area is 105 Å². The minimum Gasteiger partial charge on any atom is -0.206 e. The Kier molecular flexibility index (Phi) is 2.56. The van der Waals surface area contributed by atoms with Crippen LogP contribution in [-0.2, 0) is 7.05 Å². The largest absolute Gasteiger partial charge is 0.215 e. The maximum Gasteiger partial charge on any atom is 0.215 e. The van der Waals surface area contributed by atoms with Crippen molar-refractivity contribution in [1.82, 2.24) is 0 Å². The van der Waals surface area contributed by atoms with Crippen molar-refractivity contribution in [2.24, 2.45) is 7.05 Å². The number of halogens is 1. The normalized spacial score (nSPS) is 10.8. The van der Waals surface area contributed by atoms with Crippen LogP contribution in [0.15, 0.2) is 60.7 Å². The van der Waals surface area contributed by atoms with Gasteiger partial charge in [-0.15, -0.1) is 0 Å². The van der Waals surface area contributed by atoms with Crippen molar-refractivity contribution >= 4 is 10.9 Å². The van der Waals surface area contributed by atoms with Gasteiger partial charge in [-0.05, 0) is 24.3 Å². The third kappa shape index (κ3) is 1.66. The van der Waals surface area contributed by atoms with Crippen molar-refractivity contribution in [2.45, 2.75) is 0 Å². The number of benzene rings is 2. The van der Waals surface area contributed by atoms with E-state index in [1.807, 2.05) is 48.0 Å². The molecule has 88 valence electrons. The van der Waals surface area contributed by atoms with E-state index < -0.39 is 0 Å². The number of pyridine rings is 1. The molecule has 1 nitrogen and oxygen atoms in total. The Morgan fingerprint density at radius 3 is 2.39 bits per heavy atom. The Hall–Kier alpha value is -2.22. The first-order valence-electron chi connectivity index (χ1n) is 5.90. The molecule has 0 amide bonds. The number of nitrogens with zero attached hydrogens (tertiary/aromatic N) is 1. The number of hydrogen-bond donors (Lipinski definition) is 0. The second-order valence-electron chi connectivity index (χ2n) is 4.32. The smallest absolute Gasteiger partial charge is 0.206 e. The molecule has 0 aliphatic carbocycles. The molecule has 18 heavy (non-hydrogen) atoms. The molecule has 0 saturated carbocycles. The molecule has 0 saturated heterocycles. The van der Waals surface area contributed by atoms with Crippen LogP contribution in [0.2, 0.25) is 0 Å². The van der Waals surface area contributed by atoms with Crippen molar-refractivity contribution in [3.8, 4) is 11.3 Å². The molecule has 0 spiro atoms. The lowest BCUT2D eigenvalue weighted by Crippen LogP contribution is -2.32. The number of fused-ring (bicyclic) bond motifs is 1. The molecule has 1 aromatic heterocycles. The highest BCUT2D eigenvalue weighted by Crippen LogP contribution is 2.21. The zero-order valence-electron chi connectivity index (χ0n) is 10.1. The Bertz CT molecular complexity index is 719. The highest BCUT2D eigenvalue weighted by atomic mass is 19.1. The molecule has 3 aromatic rings. The monoisotopic (exact) mass is 238 g/mol. The molecule has 0 unspecified atom stereocenters. The van der Waals surface area contributed by atoms with Crippen LogP contribution in [0.1, 0.15) is 0 Å². The molecular formula is C16H13FN+. The zero-order valence-corrected chi connectivity index (χ0v) is 10.1. The predicted molar refractivity (Wildman–Crippen MR) is 70.5 cm³/mol. The molecular weight excluding hydrogens is 225 g/mol. The minimum atomic E-state index is -0.191. The average Bonchev–Trinajstić information content (AvgIpc) is 2.41. The first-order chi connectivity index (χ1) is 8.77. The molecule has 3 rings (SSSR count). The van der Waals surface area contributed by atoms with Gasteiger partial charge in [-0.2, -0.15) is 4.57 Å². The fraction of sp³-hybridized carbons (Fsp3) is 0.0625. The van der Waals surface area contributed by atoms with Crippen LogP contribution >= 0.6 is 0 Å². The maximum absolute atomic E-state index is 13.8. The topological polar surface area (TPSA) is 3.88 Å². The lowest BCUT2D eigenvalue weighted by atomic mass is 10.1. The summed E-state index contributed by atoms with van der Waals surface area (Å²) in [6, 6.07) is 18.9. The minimum absolute atomic E-state index is 0.191. The van der Waals surface area contributed by atoms with Crippen LogP contribution in [0.3, 0.4) is 0 Å². The summed E-state index contributed by atoms with van der Waals surface area (Å²) >= 11 is 0. The van der Waals surface area contributed by atoms with Gasteiger partial charge < -0.3 is 0 Å². The van der Waals surface area contributed by atoms with Gasteiger partial charge in [0, 0.05) is 17.5 Å². The van der Waals surface area contributed by atoms with Crippen molar-refractivity contribution in [3.63, 3.8) is 0 Å². The third-order valence-electron chi connectivity index (χ3n) is 3.23. The van der Waals surface area contributed by atoms with Gasteiger partial charge in [0.1, 0.15) is 12.9 Å². The predicted octanol–water partition coefficient (Wildman–Crippen LogP) is 3.47. The molecule has 0 atom stereocenters. The van der Waals surface area contributed by atoms with E-state index in [1.54, 1.807) is 12.1 Å². The summed E-state index contributed by atoms with van der Waals surface area (Å²) < 4.78 is 15.9. The number of rotatable bonds is 1. The highest BCUT2D eigenvalue weighted by molar-refractivity contribution is 5.77. The van der Waals surface area contributed by atoms with Crippen molar-refractivity contribution < 1.29 is 8.96 Å². The van der Waals surface area contributed by atoms with Crippen LogP contribution < -0.4 is 4.57 Å². The summed E-state index contributed by atoms with van der Waals surface area (Å²) in [7, 11) is 1.96. The molecule has 1 heterocycles. The Morgan fingerprint density at radius 2 is 1.56 bits per heavy atom. The number of para-hydroxylation sites is 1. The molecule has 0 aliphatic heterocycles. The van der Waals surface area contributed by atoms with Crippen LogP contribution in [0.4, 0.5) is 4.39 Å². The molecule has 0 aliphatic rings. The van der Waals surface area contributed by atoms with E-state index in [-0.39, 0.29) is 5.82 Å².